The maximum Gasteiger partial charge on any atom is 0.106 e. The van der Waals surface area contributed by atoms with Crippen LogP contribution in [-0.4, -0.2) is 36.6 Å². The Hall–Kier alpha value is -2.24. The van der Waals surface area contributed by atoms with Gasteiger partial charge in [-0.15, -0.1) is 6.58 Å². The third-order valence-electron chi connectivity index (χ3n) is 8.98. The molecule has 0 N–H and O–H groups in total. The summed E-state index contributed by atoms with van der Waals surface area (Å²) < 4.78 is 26.0. The largest absolute Gasteiger partial charge is 0.371 e. The predicted octanol–water partition coefficient (Wildman–Crippen LogP) is 5.23. The van der Waals surface area contributed by atoms with Crippen LogP contribution in [0.1, 0.15) is 30.4 Å². The molecule has 5 aliphatic rings. The summed E-state index contributed by atoms with van der Waals surface area (Å²) in [5.41, 5.74) is 3.82. The Morgan fingerprint density at radius 2 is 1.50 bits per heavy atom. The summed E-state index contributed by atoms with van der Waals surface area (Å²) in [7, 11) is 0. The van der Waals surface area contributed by atoms with Gasteiger partial charge in [-0.05, 0) is 23.1 Å². The van der Waals surface area contributed by atoms with E-state index < -0.39 is 0 Å². The lowest BCUT2D eigenvalue weighted by Crippen LogP contribution is -2.53. The van der Waals surface area contributed by atoms with Crippen molar-refractivity contribution in [1.29, 1.82) is 0 Å². The van der Waals surface area contributed by atoms with E-state index in [0.29, 0.717) is 25.0 Å². The summed E-state index contributed by atoms with van der Waals surface area (Å²) in [5, 5.41) is 0. The number of allylic oxidation sites excluding steroid dienone is 1. The zero-order chi connectivity index (χ0) is 22.7. The summed E-state index contributed by atoms with van der Waals surface area (Å²) >= 11 is 0. The fourth-order valence-electron chi connectivity index (χ4n) is 7.54. The maximum atomic E-state index is 6.65. The van der Waals surface area contributed by atoms with Crippen LogP contribution >= 0.6 is 0 Å². The van der Waals surface area contributed by atoms with E-state index in [9.17, 15) is 0 Å². The molecule has 4 saturated heterocycles. The number of fused-ring (bicyclic) bond motifs is 11. The van der Waals surface area contributed by atoms with E-state index in [-0.39, 0.29) is 42.0 Å². The lowest BCUT2D eigenvalue weighted by atomic mass is 9.53. The summed E-state index contributed by atoms with van der Waals surface area (Å²) in [6.07, 6.45) is 8.36. The molecular weight excluding hydrogens is 424 g/mol. The van der Waals surface area contributed by atoms with Crippen LogP contribution in [-0.2, 0) is 32.2 Å². The molecule has 34 heavy (non-hydrogen) atoms. The Morgan fingerprint density at radius 3 is 2.18 bits per heavy atom. The number of ether oxygens (including phenoxy) is 4. The van der Waals surface area contributed by atoms with Gasteiger partial charge in [0.2, 0.25) is 0 Å². The van der Waals surface area contributed by atoms with Gasteiger partial charge in [-0.1, -0.05) is 72.8 Å². The molecule has 4 bridgehead atoms. The smallest absolute Gasteiger partial charge is 0.106 e. The lowest BCUT2D eigenvalue weighted by molar-refractivity contribution is -0.0533. The molecular formula is C30H32O4. The fraction of sp³-hybridized carbons (Fsp3) is 0.467. The molecule has 2 aromatic carbocycles. The molecule has 0 radical (unpaired) electrons. The molecule has 7 rings (SSSR count). The van der Waals surface area contributed by atoms with Crippen LogP contribution in [0.5, 0.6) is 0 Å². The highest BCUT2D eigenvalue weighted by atomic mass is 16.6. The van der Waals surface area contributed by atoms with Crippen LogP contribution < -0.4 is 0 Å². The Balaban J connectivity index is 1.08. The van der Waals surface area contributed by atoms with Gasteiger partial charge in [0.1, 0.15) is 6.10 Å². The fourth-order valence-corrected chi connectivity index (χ4v) is 7.54. The van der Waals surface area contributed by atoms with Gasteiger partial charge in [0.05, 0.1) is 43.7 Å². The van der Waals surface area contributed by atoms with Crippen molar-refractivity contribution in [3.63, 3.8) is 0 Å². The average molecular weight is 457 g/mol. The minimum atomic E-state index is -0.0628. The first kappa shape index (κ1) is 21.1. The van der Waals surface area contributed by atoms with Crippen LogP contribution in [0.15, 0.2) is 85.0 Å². The quantitative estimate of drug-likeness (QED) is 0.535. The topological polar surface area (TPSA) is 36.9 Å². The van der Waals surface area contributed by atoms with Gasteiger partial charge in [0, 0.05) is 30.1 Å². The zero-order valence-electron chi connectivity index (χ0n) is 19.4. The standard InChI is InChI=1S/C30H32O4/c1-2-30-14-13-21-26(22-15-24(28(21)33-22)31-17-19-9-5-3-6-10-19)27(30)23-16-25(29(30)34-23)32-18-20-11-7-4-8-12-20/h2-13,22-29H,1,14-18H2/t22-,23-,24-,25-,26+,27+,28-,29+,30?/m1/s1. The number of benzene rings is 2. The normalized spacial score (nSPS) is 41.2. The van der Waals surface area contributed by atoms with Crippen molar-refractivity contribution in [3.05, 3.63) is 96.1 Å². The van der Waals surface area contributed by atoms with E-state index in [0.717, 1.165) is 19.3 Å². The van der Waals surface area contributed by atoms with E-state index in [4.69, 9.17) is 18.9 Å². The Kier molecular flexibility index (Phi) is 5.06. The first-order valence-corrected chi connectivity index (χ1v) is 12.7. The molecule has 1 unspecified atom stereocenters. The molecule has 0 aromatic heterocycles. The van der Waals surface area contributed by atoms with Crippen molar-refractivity contribution in [2.45, 2.75) is 69.1 Å². The lowest BCUT2D eigenvalue weighted by Gasteiger charge is -2.49. The van der Waals surface area contributed by atoms with Gasteiger partial charge >= 0.3 is 0 Å². The van der Waals surface area contributed by atoms with Crippen molar-refractivity contribution in [3.8, 4) is 0 Å². The van der Waals surface area contributed by atoms with Crippen molar-refractivity contribution < 1.29 is 18.9 Å². The molecule has 0 spiro atoms. The van der Waals surface area contributed by atoms with E-state index >= 15 is 0 Å². The van der Waals surface area contributed by atoms with Crippen molar-refractivity contribution in [2.24, 2.45) is 17.3 Å². The highest BCUT2D eigenvalue weighted by Gasteiger charge is 2.69. The van der Waals surface area contributed by atoms with Crippen molar-refractivity contribution in [2.75, 3.05) is 0 Å². The molecule has 4 nitrogen and oxygen atoms in total. The number of rotatable bonds is 7. The second-order valence-corrected chi connectivity index (χ2v) is 10.6. The van der Waals surface area contributed by atoms with E-state index in [1.807, 2.05) is 12.1 Å². The zero-order valence-corrected chi connectivity index (χ0v) is 19.4. The van der Waals surface area contributed by atoms with Gasteiger partial charge in [-0.3, -0.25) is 0 Å². The second-order valence-electron chi connectivity index (χ2n) is 10.6. The Labute approximate surface area is 201 Å². The second kappa shape index (κ2) is 8.17. The van der Waals surface area contributed by atoms with Crippen molar-refractivity contribution >= 4 is 0 Å². The SMILES string of the molecule is C=CC12CC=C3[C@H]([C@@H]1[C@H]1C[C@@H](OCc4ccccc4)[C@@H]2O1)[C@H]1C[C@@H](OCc2ccccc2)[C@@H]3O1. The predicted molar refractivity (Wildman–Crippen MR) is 129 cm³/mol. The van der Waals surface area contributed by atoms with E-state index in [1.54, 1.807) is 0 Å². The highest BCUT2D eigenvalue weighted by molar-refractivity contribution is 5.36. The van der Waals surface area contributed by atoms with Crippen LogP contribution in [0.2, 0.25) is 0 Å². The van der Waals surface area contributed by atoms with E-state index in [1.165, 1.54) is 16.7 Å². The Bertz CT molecular complexity index is 1080. The molecule has 4 fully saturated rings. The van der Waals surface area contributed by atoms with Gasteiger partial charge < -0.3 is 18.9 Å². The summed E-state index contributed by atoms with van der Waals surface area (Å²) in [5.74, 6) is 0.843. The monoisotopic (exact) mass is 456 g/mol. The van der Waals surface area contributed by atoms with Crippen molar-refractivity contribution in [1.82, 2.24) is 0 Å². The van der Waals surface area contributed by atoms with Gasteiger partial charge in [0.25, 0.3) is 0 Å². The third kappa shape index (κ3) is 3.12. The molecule has 4 heterocycles. The molecule has 4 aliphatic heterocycles. The molecule has 4 heteroatoms. The van der Waals surface area contributed by atoms with Crippen LogP contribution in [0.3, 0.4) is 0 Å². The minimum Gasteiger partial charge on any atom is -0.371 e. The van der Waals surface area contributed by atoms with E-state index in [2.05, 4.69) is 67.3 Å². The highest BCUT2D eigenvalue weighted by Crippen LogP contribution is 2.65. The summed E-state index contributed by atoms with van der Waals surface area (Å²) in [6.45, 7) is 5.59. The summed E-state index contributed by atoms with van der Waals surface area (Å²) in [6, 6.07) is 20.8. The molecule has 0 amide bonds. The third-order valence-corrected chi connectivity index (χ3v) is 8.98. The maximum absolute atomic E-state index is 6.65. The molecule has 9 atom stereocenters. The van der Waals surface area contributed by atoms with Gasteiger partial charge in [0.15, 0.2) is 0 Å². The average Bonchev–Trinajstić information content (AvgIpc) is 3.66. The van der Waals surface area contributed by atoms with Crippen LogP contribution in [0, 0.1) is 17.3 Å². The molecule has 176 valence electrons. The first-order valence-electron chi connectivity index (χ1n) is 12.7. The molecule has 2 aromatic rings. The number of hydrogen-bond acceptors (Lipinski definition) is 4. The molecule has 1 aliphatic carbocycles. The summed E-state index contributed by atoms with van der Waals surface area (Å²) in [4.78, 5) is 0. The first-order chi connectivity index (χ1) is 16.8. The molecule has 0 saturated carbocycles. The van der Waals surface area contributed by atoms with Crippen LogP contribution in [0.4, 0.5) is 0 Å². The Morgan fingerprint density at radius 1 is 0.853 bits per heavy atom. The van der Waals surface area contributed by atoms with Gasteiger partial charge in [-0.2, -0.15) is 0 Å². The van der Waals surface area contributed by atoms with Gasteiger partial charge in [-0.25, -0.2) is 0 Å². The minimum absolute atomic E-state index is 0.0628. The van der Waals surface area contributed by atoms with Crippen LogP contribution in [0.25, 0.3) is 0 Å². The number of hydrogen-bond donors (Lipinski definition) is 0.